The van der Waals surface area contributed by atoms with Crippen molar-refractivity contribution in [2.75, 3.05) is 6.61 Å². The van der Waals surface area contributed by atoms with E-state index in [0.29, 0.717) is 17.9 Å². The van der Waals surface area contributed by atoms with Crippen molar-refractivity contribution in [3.8, 4) is 5.75 Å². The lowest BCUT2D eigenvalue weighted by Gasteiger charge is -2.22. The summed E-state index contributed by atoms with van der Waals surface area (Å²) < 4.78 is 6.08. The van der Waals surface area contributed by atoms with Gasteiger partial charge in [0.05, 0.1) is 12.2 Å². The fourth-order valence-corrected chi connectivity index (χ4v) is 3.23. The number of amides is 1. The number of carboxylic acids is 1. The molecular formula is C25H27NO4. The molecule has 3 aromatic rings. The van der Waals surface area contributed by atoms with Gasteiger partial charge in [0, 0.05) is 5.39 Å². The SMILES string of the molecule is CC(C)(NC(=O)c1ccc2ccccc2c1OCCCCc1ccccc1)C(=O)O. The zero-order valence-corrected chi connectivity index (χ0v) is 17.4. The van der Waals surface area contributed by atoms with Crippen LogP contribution in [0.2, 0.25) is 0 Å². The lowest BCUT2D eigenvalue weighted by Crippen LogP contribution is -2.49. The minimum atomic E-state index is -1.38. The summed E-state index contributed by atoms with van der Waals surface area (Å²) in [4.78, 5) is 24.2. The average molecular weight is 405 g/mol. The fraction of sp³-hybridized carbons (Fsp3) is 0.280. The van der Waals surface area contributed by atoms with Gasteiger partial charge in [-0.15, -0.1) is 0 Å². The van der Waals surface area contributed by atoms with Crippen LogP contribution in [0.4, 0.5) is 0 Å². The minimum Gasteiger partial charge on any atom is -0.492 e. The second-order valence-electron chi connectivity index (χ2n) is 7.84. The average Bonchev–Trinajstić information content (AvgIpc) is 2.73. The summed E-state index contributed by atoms with van der Waals surface area (Å²) in [7, 11) is 0. The molecule has 5 heteroatoms. The normalized spacial score (nSPS) is 11.3. The molecule has 3 rings (SSSR count). The highest BCUT2D eigenvalue weighted by atomic mass is 16.5. The molecule has 3 aromatic carbocycles. The van der Waals surface area contributed by atoms with Crippen LogP contribution in [0.1, 0.15) is 42.6 Å². The summed E-state index contributed by atoms with van der Waals surface area (Å²) in [6.45, 7) is 3.39. The monoisotopic (exact) mass is 405 g/mol. The molecule has 0 spiro atoms. The Bertz CT molecular complexity index is 1030. The van der Waals surface area contributed by atoms with E-state index in [1.165, 1.54) is 19.4 Å². The molecule has 30 heavy (non-hydrogen) atoms. The van der Waals surface area contributed by atoms with Crippen LogP contribution in [0.3, 0.4) is 0 Å². The van der Waals surface area contributed by atoms with Crippen LogP contribution in [0.5, 0.6) is 5.75 Å². The van der Waals surface area contributed by atoms with Gasteiger partial charge in [0.1, 0.15) is 11.3 Å². The first-order valence-corrected chi connectivity index (χ1v) is 10.1. The Balaban J connectivity index is 1.75. The molecule has 5 nitrogen and oxygen atoms in total. The topological polar surface area (TPSA) is 75.6 Å². The summed E-state index contributed by atoms with van der Waals surface area (Å²) in [5.74, 6) is -1.07. The van der Waals surface area contributed by atoms with Crippen LogP contribution >= 0.6 is 0 Å². The molecular weight excluding hydrogens is 378 g/mol. The van der Waals surface area contributed by atoms with Crippen LogP contribution in [0, 0.1) is 0 Å². The Labute approximate surface area is 176 Å². The highest BCUT2D eigenvalue weighted by molar-refractivity contribution is 6.05. The smallest absolute Gasteiger partial charge is 0.328 e. The fourth-order valence-electron chi connectivity index (χ4n) is 3.23. The molecule has 1 amide bonds. The molecule has 0 saturated carbocycles. The molecule has 0 aliphatic carbocycles. The number of aliphatic carboxylic acids is 1. The van der Waals surface area contributed by atoms with Gasteiger partial charge in [0.25, 0.3) is 5.91 Å². The van der Waals surface area contributed by atoms with E-state index >= 15 is 0 Å². The van der Waals surface area contributed by atoms with Crippen molar-refractivity contribution in [3.05, 3.63) is 77.9 Å². The molecule has 0 unspecified atom stereocenters. The number of carboxylic acid groups (broad SMARTS) is 1. The predicted molar refractivity (Wildman–Crippen MR) is 118 cm³/mol. The molecule has 0 atom stereocenters. The first-order chi connectivity index (χ1) is 14.4. The predicted octanol–water partition coefficient (Wildman–Crippen LogP) is 4.83. The summed E-state index contributed by atoms with van der Waals surface area (Å²) in [6, 6.07) is 21.5. The van der Waals surface area contributed by atoms with E-state index in [2.05, 4.69) is 17.4 Å². The number of fused-ring (bicyclic) bond motifs is 1. The lowest BCUT2D eigenvalue weighted by atomic mass is 10.0. The quantitative estimate of drug-likeness (QED) is 0.500. The third-order valence-corrected chi connectivity index (χ3v) is 5.03. The van der Waals surface area contributed by atoms with Crippen LogP contribution < -0.4 is 10.1 Å². The first kappa shape index (κ1) is 21.4. The van der Waals surface area contributed by atoms with E-state index in [1.807, 2.05) is 48.5 Å². The van der Waals surface area contributed by atoms with E-state index < -0.39 is 17.4 Å². The summed E-state index contributed by atoms with van der Waals surface area (Å²) in [5, 5.41) is 13.7. The maximum absolute atomic E-state index is 12.8. The standard InChI is InChI=1S/C25H27NO4/c1-25(2,24(28)29)26-23(27)21-16-15-19-13-6-7-14-20(19)22(21)30-17-9-8-12-18-10-4-3-5-11-18/h3-7,10-11,13-16H,8-9,12,17H2,1-2H3,(H,26,27)(H,28,29). The number of ether oxygens (including phenoxy) is 1. The van der Waals surface area contributed by atoms with Gasteiger partial charge in [-0.05, 0) is 50.1 Å². The molecule has 0 aromatic heterocycles. The van der Waals surface area contributed by atoms with E-state index in [9.17, 15) is 14.7 Å². The van der Waals surface area contributed by atoms with Gasteiger partial charge in [0.15, 0.2) is 0 Å². The lowest BCUT2D eigenvalue weighted by molar-refractivity contribution is -0.143. The van der Waals surface area contributed by atoms with Gasteiger partial charge >= 0.3 is 5.97 Å². The van der Waals surface area contributed by atoms with Gasteiger partial charge in [0.2, 0.25) is 0 Å². The van der Waals surface area contributed by atoms with Crippen LogP contribution in [-0.4, -0.2) is 29.1 Å². The third-order valence-electron chi connectivity index (χ3n) is 5.03. The highest BCUT2D eigenvalue weighted by Gasteiger charge is 2.30. The number of hydrogen-bond acceptors (Lipinski definition) is 3. The summed E-state index contributed by atoms with van der Waals surface area (Å²) in [6.07, 6.45) is 2.79. The Morgan fingerprint density at radius 1 is 0.933 bits per heavy atom. The number of aryl methyl sites for hydroxylation is 1. The Morgan fingerprint density at radius 3 is 2.37 bits per heavy atom. The van der Waals surface area contributed by atoms with Gasteiger partial charge in [-0.25, -0.2) is 4.79 Å². The number of carbonyl (C=O) groups excluding carboxylic acids is 1. The number of carbonyl (C=O) groups is 2. The van der Waals surface area contributed by atoms with Gasteiger partial charge in [-0.2, -0.15) is 0 Å². The maximum atomic E-state index is 12.8. The number of unbranched alkanes of at least 4 members (excludes halogenated alkanes) is 1. The molecule has 156 valence electrons. The zero-order valence-electron chi connectivity index (χ0n) is 17.4. The molecule has 0 aliphatic rings. The first-order valence-electron chi connectivity index (χ1n) is 10.1. The second-order valence-corrected chi connectivity index (χ2v) is 7.84. The van der Waals surface area contributed by atoms with Gasteiger partial charge in [-0.1, -0.05) is 60.7 Å². The Kier molecular flexibility index (Phi) is 6.72. The largest absolute Gasteiger partial charge is 0.492 e. The van der Waals surface area contributed by atoms with E-state index in [4.69, 9.17) is 4.74 Å². The van der Waals surface area contributed by atoms with E-state index in [-0.39, 0.29) is 0 Å². The Hall–Kier alpha value is -3.34. The van der Waals surface area contributed by atoms with Crippen molar-refractivity contribution in [1.82, 2.24) is 5.32 Å². The molecule has 0 heterocycles. The van der Waals surface area contributed by atoms with Crippen molar-refractivity contribution in [2.24, 2.45) is 0 Å². The van der Waals surface area contributed by atoms with E-state index in [1.54, 1.807) is 6.07 Å². The summed E-state index contributed by atoms with van der Waals surface area (Å²) >= 11 is 0. The number of nitrogens with one attached hydrogen (secondary N) is 1. The molecule has 2 N–H and O–H groups in total. The second kappa shape index (κ2) is 9.44. The van der Waals surface area contributed by atoms with Gasteiger partial charge in [-0.3, -0.25) is 4.79 Å². The van der Waals surface area contributed by atoms with Crippen molar-refractivity contribution < 1.29 is 19.4 Å². The molecule has 0 bridgehead atoms. The number of hydrogen-bond donors (Lipinski definition) is 2. The van der Waals surface area contributed by atoms with Crippen molar-refractivity contribution in [2.45, 2.75) is 38.6 Å². The van der Waals surface area contributed by atoms with Crippen molar-refractivity contribution in [1.29, 1.82) is 0 Å². The zero-order chi connectivity index (χ0) is 21.6. The maximum Gasteiger partial charge on any atom is 0.328 e. The molecule has 0 saturated heterocycles. The van der Waals surface area contributed by atoms with Crippen LogP contribution in [-0.2, 0) is 11.2 Å². The van der Waals surface area contributed by atoms with Gasteiger partial charge < -0.3 is 15.2 Å². The third kappa shape index (κ3) is 5.17. The summed E-state index contributed by atoms with van der Waals surface area (Å²) in [5.41, 5.74) is 0.250. The van der Waals surface area contributed by atoms with Crippen molar-refractivity contribution in [3.63, 3.8) is 0 Å². The minimum absolute atomic E-state index is 0.339. The number of rotatable bonds is 9. The molecule has 0 radical (unpaired) electrons. The van der Waals surface area contributed by atoms with Crippen LogP contribution in [0.15, 0.2) is 66.7 Å². The molecule has 0 aliphatic heterocycles. The van der Waals surface area contributed by atoms with E-state index in [0.717, 1.165) is 30.0 Å². The highest BCUT2D eigenvalue weighted by Crippen LogP contribution is 2.30. The molecule has 0 fully saturated rings. The van der Waals surface area contributed by atoms with Crippen molar-refractivity contribution >= 4 is 22.6 Å². The Morgan fingerprint density at radius 2 is 1.63 bits per heavy atom. The number of benzene rings is 3. The van der Waals surface area contributed by atoms with Crippen LogP contribution in [0.25, 0.3) is 10.8 Å².